The van der Waals surface area contributed by atoms with Gasteiger partial charge in [0, 0.05) is 0 Å². The zero-order valence-electron chi connectivity index (χ0n) is 8.81. The van der Waals surface area contributed by atoms with E-state index in [1.807, 2.05) is 0 Å². The van der Waals surface area contributed by atoms with Crippen LogP contribution in [0.3, 0.4) is 0 Å². The molecule has 0 atom stereocenters. The molecule has 0 rings (SSSR count). The normalized spacial score (nSPS) is 12.2. The van der Waals surface area contributed by atoms with Gasteiger partial charge in [0.15, 0.2) is 9.84 Å². The maximum Gasteiger partial charge on any atom is 0.321 e. The zero-order valence-corrected chi connectivity index (χ0v) is 9.63. The second-order valence-electron chi connectivity index (χ2n) is 4.01. The lowest BCUT2D eigenvalue weighted by Crippen LogP contribution is -2.30. The fourth-order valence-corrected chi connectivity index (χ4v) is 1.69. The van der Waals surface area contributed by atoms with Crippen molar-refractivity contribution in [2.45, 2.75) is 26.4 Å². The van der Waals surface area contributed by atoms with Gasteiger partial charge in [-0.05, 0) is 20.8 Å². The summed E-state index contributed by atoms with van der Waals surface area (Å²) in [5, 5.41) is 8.26. The van der Waals surface area contributed by atoms with Gasteiger partial charge in [0.1, 0.15) is 17.1 Å². The molecular weight excluding hydrogens is 224 g/mol. The highest BCUT2D eigenvalue weighted by molar-refractivity contribution is 7.92. The van der Waals surface area contributed by atoms with Crippen LogP contribution in [0.1, 0.15) is 20.8 Å². The topological polar surface area (TPSA) is 97.7 Å². The van der Waals surface area contributed by atoms with Gasteiger partial charge >= 0.3 is 11.9 Å². The SMILES string of the molecule is CC(C)(C)OC(=O)CS(=O)(=O)CC(=O)O. The first kappa shape index (κ1) is 13.9. The molecular formula is C8H14O6S. The third-order valence-corrected chi connectivity index (χ3v) is 2.46. The van der Waals surface area contributed by atoms with E-state index in [1.54, 1.807) is 20.8 Å². The van der Waals surface area contributed by atoms with Gasteiger partial charge in [0.05, 0.1) is 0 Å². The van der Waals surface area contributed by atoms with Crippen LogP contribution in [0.5, 0.6) is 0 Å². The van der Waals surface area contributed by atoms with Crippen molar-refractivity contribution in [3.05, 3.63) is 0 Å². The van der Waals surface area contributed by atoms with Gasteiger partial charge in [-0.25, -0.2) is 8.42 Å². The fourth-order valence-electron chi connectivity index (χ4n) is 0.790. The van der Waals surface area contributed by atoms with Crippen molar-refractivity contribution in [1.82, 2.24) is 0 Å². The number of rotatable bonds is 4. The van der Waals surface area contributed by atoms with Crippen molar-refractivity contribution in [2.24, 2.45) is 0 Å². The molecule has 0 bridgehead atoms. The van der Waals surface area contributed by atoms with Crippen molar-refractivity contribution < 1.29 is 27.9 Å². The number of carboxylic acid groups (broad SMARTS) is 1. The smallest absolute Gasteiger partial charge is 0.321 e. The van der Waals surface area contributed by atoms with Gasteiger partial charge in [-0.15, -0.1) is 0 Å². The van der Waals surface area contributed by atoms with E-state index in [4.69, 9.17) is 9.84 Å². The van der Waals surface area contributed by atoms with E-state index in [9.17, 15) is 18.0 Å². The van der Waals surface area contributed by atoms with Crippen LogP contribution in [0.15, 0.2) is 0 Å². The number of sulfone groups is 1. The number of hydrogen-bond donors (Lipinski definition) is 1. The number of ether oxygens (including phenoxy) is 1. The maximum absolute atomic E-state index is 11.1. The molecule has 0 aromatic carbocycles. The molecule has 7 heteroatoms. The molecule has 0 radical (unpaired) electrons. The number of carboxylic acids is 1. The van der Waals surface area contributed by atoms with Gasteiger partial charge in [0.2, 0.25) is 0 Å². The molecule has 0 saturated heterocycles. The largest absolute Gasteiger partial charge is 0.480 e. The van der Waals surface area contributed by atoms with E-state index < -0.39 is 38.9 Å². The van der Waals surface area contributed by atoms with Gasteiger partial charge < -0.3 is 9.84 Å². The first-order valence-electron chi connectivity index (χ1n) is 4.16. The van der Waals surface area contributed by atoms with Crippen LogP contribution in [-0.4, -0.2) is 42.6 Å². The fraction of sp³-hybridized carbons (Fsp3) is 0.750. The Morgan fingerprint density at radius 2 is 1.67 bits per heavy atom. The average Bonchev–Trinajstić information content (AvgIpc) is 1.73. The highest BCUT2D eigenvalue weighted by Crippen LogP contribution is 2.07. The Balaban J connectivity index is 4.36. The van der Waals surface area contributed by atoms with E-state index in [-0.39, 0.29) is 0 Å². The first-order valence-corrected chi connectivity index (χ1v) is 5.98. The molecule has 0 unspecified atom stereocenters. The van der Waals surface area contributed by atoms with E-state index in [1.165, 1.54) is 0 Å². The lowest BCUT2D eigenvalue weighted by molar-refractivity contribution is -0.151. The third-order valence-electron chi connectivity index (χ3n) is 1.10. The molecule has 1 N–H and O–H groups in total. The van der Waals surface area contributed by atoms with Crippen molar-refractivity contribution in [1.29, 1.82) is 0 Å². The summed E-state index contributed by atoms with van der Waals surface area (Å²) in [6.07, 6.45) is 0. The summed E-state index contributed by atoms with van der Waals surface area (Å²) in [6.45, 7) is 4.78. The molecule has 0 saturated carbocycles. The molecule has 88 valence electrons. The number of carbonyl (C=O) groups is 2. The quantitative estimate of drug-likeness (QED) is 0.683. The molecule has 6 nitrogen and oxygen atoms in total. The van der Waals surface area contributed by atoms with E-state index >= 15 is 0 Å². The summed E-state index contributed by atoms with van der Waals surface area (Å²) in [5.41, 5.74) is -0.782. The minimum Gasteiger partial charge on any atom is -0.480 e. The van der Waals surface area contributed by atoms with Crippen LogP contribution in [0.25, 0.3) is 0 Å². The van der Waals surface area contributed by atoms with Gasteiger partial charge in [-0.3, -0.25) is 9.59 Å². The predicted molar refractivity (Wildman–Crippen MR) is 52.1 cm³/mol. The summed E-state index contributed by atoms with van der Waals surface area (Å²) in [5.74, 6) is -4.40. The highest BCUT2D eigenvalue weighted by atomic mass is 32.2. The second kappa shape index (κ2) is 4.61. The Morgan fingerprint density at radius 1 is 1.20 bits per heavy atom. The summed E-state index contributed by atoms with van der Waals surface area (Å²) in [6, 6.07) is 0. The lowest BCUT2D eigenvalue weighted by Gasteiger charge is -2.19. The minimum atomic E-state index is -3.93. The zero-order chi connectivity index (χ0) is 12.3. The van der Waals surface area contributed by atoms with Gasteiger partial charge in [-0.1, -0.05) is 0 Å². The van der Waals surface area contributed by atoms with E-state index in [0.717, 1.165) is 0 Å². The Labute approximate surface area is 88.2 Å². The Kier molecular flexibility index (Phi) is 4.27. The minimum absolute atomic E-state index is 0.782. The lowest BCUT2D eigenvalue weighted by atomic mass is 10.2. The predicted octanol–water partition coefficient (Wildman–Crippen LogP) is -0.173. The van der Waals surface area contributed by atoms with Crippen molar-refractivity contribution >= 4 is 21.8 Å². The third kappa shape index (κ3) is 7.92. The molecule has 0 heterocycles. The summed E-state index contributed by atoms with van der Waals surface area (Å²) < 4.78 is 26.9. The standard InChI is InChI=1S/C8H14O6S/c1-8(2,3)14-7(11)5-15(12,13)4-6(9)10/h4-5H2,1-3H3,(H,9,10). The monoisotopic (exact) mass is 238 g/mol. The number of hydrogen-bond acceptors (Lipinski definition) is 5. The Hall–Kier alpha value is -1.11. The molecule has 0 aliphatic rings. The van der Waals surface area contributed by atoms with Gasteiger partial charge in [0.25, 0.3) is 0 Å². The van der Waals surface area contributed by atoms with Crippen molar-refractivity contribution in [2.75, 3.05) is 11.5 Å². The first-order chi connectivity index (χ1) is 6.52. The molecule has 0 aromatic heterocycles. The van der Waals surface area contributed by atoms with Crippen LogP contribution < -0.4 is 0 Å². The number of aliphatic carboxylic acids is 1. The summed E-state index contributed by atoms with van der Waals surface area (Å²) in [7, 11) is -3.93. The molecule has 0 aromatic rings. The molecule has 0 aliphatic carbocycles. The molecule has 0 amide bonds. The van der Waals surface area contributed by atoms with Crippen LogP contribution in [0.2, 0.25) is 0 Å². The molecule has 0 fully saturated rings. The van der Waals surface area contributed by atoms with Gasteiger partial charge in [-0.2, -0.15) is 0 Å². The van der Waals surface area contributed by atoms with Crippen molar-refractivity contribution in [3.8, 4) is 0 Å². The van der Waals surface area contributed by atoms with Crippen LogP contribution in [0, 0.1) is 0 Å². The molecule has 15 heavy (non-hydrogen) atoms. The second-order valence-corrected chi connectivity index (χ2v) is 6.08. The molecule has 0 aliphatic heterocycles. The van der Waals surface area contributed by atoms with Crippen LogP contribution >= 0.6 is 0 Å². The average molecular weight is 238 g/mol. The number of esters is 1. The van der Waals surface area contributed by atoms with E-state index in [0.29, 0.717) is 0 Å². The maximum atomic E-state index is 11.1. The highest BCUT2D eigenvalue weighted by Gasteiger charge is 2.24. The van der Waals surface area contributed by atoms with Crippen LogP contribution in [-0.2, 0) is 24.2 Å². The summed E-state index contributed by atoms with van der Waals surface area (Å²) >= 11 is 0. The van der Waals surface area contributed by atoms with Crippen LogP contribution in [0.4, 0.5) is 0 Å². The van der Waals surface area contributed by atoms with E-state index in [2.05, 4.69) is 0 Å². The van der Waals surface area contributed by atoms with Crippen molar-refractivity contribution in [3.63, 3.8) is 0 Å². The number of carbonyl (C=O) groups excluding carboxylic acids is 1. The Bertz CT molecular complexity index is 348. The Morgan fingerprint density at radius 3 is 2.00 bits per heavy atom. The molecule has 0 spiro atoms. The summed E-state index contributed by atoms with van der Waals surface area (Å²) in [4.78, 5) is 21.2.